The van der Waals surface area contributed by atoms with Gasteiger partial charge in [0.25, 0.3) is 17.5 Å². The molecule has 0 bridgehead atoms. The van der Waals surface area contributed by atoms with E-state index in [4.69, 9.17) is 0 Å². The highest BCUT2D eigenvalue weighted by Gasteiger charge is 2.75. The number of nitrogens with two attached hydrogens (primary N) is 2. The van der Waals surface area contributed by atoms with Crippen molar-refractivity contribution in [2.24, 2.45) is 16.5 Å². The molecule has 28 nitrogen and oxygen atoms in total. The molecule has 2 heterocycles. The molecule has 40 heavy (non-hydrogen) atoms. The number of carbonyl (C=O) groups excluding carboxylic acids is 4. The van der Waals surface area contributed by atoms with Crippen LogP contribution in [-0.2, 0) is 19.2 Å². The van der Waals surface area contributed by atoms with E-state index in [1.165, 1.54) is 10.6 Å². The maximum absolute atomic E-state index is 11.4. The molecule has 2 aliphatic heterocycles. The van der Waals surface area contributed by atoms with E-state index in [0.29, 0.717) is 5.84 Å². The minimum Gasteiger partial charge on any atom is -0.374 e. The summed E-state index contributed by atoms with van der Waals surface area (Å²) in [5.74, 6) is -10.2. The molecule has 0 aliphatic carbocycles. The zero-order valence-electron chi connectivity index (χ0n) is 19.0. The number of rotatable bonds is 6. The lowest BCUT2D eigenvalue weighted by Gasteiger charge is -2.20. The zero-order valence-corrected chi connectivity index (χ0v) is 19.0. The number of aliphatic imine (C=N–C) groups is 1. The summed E-state index contributed by atoms with van der Waals surface area (Å²) in [6, 6.07) is 0. The van der Waals surface area contributed by atoms with E-state index in [-0.39, 0.29) is 18.2 Å². The molecular formula is C12H12N12O16. The fraction of sp³-hybridized carbons (Fsp3) is 0.250. The summed E-state index contributed by atoms with van der Waals surface area (Å²) in [5, 5.41) is 66.4. The highest BCUT2D eigenvalue weighted by Crippen LogP contribution is 2.18. The number of nitrogens with one attached hydrogen (secondary N) is 3. The molecule has 0 aromatic rings. The predicted octanol–water partition coefficient (Wildman–Crippen LogP) is -4.80. The lowest BCUT2D eigenvalue weighted by atomic mass is 10.1. The molecule has 0 atom stereocenters. The Morgan fingerprint density at radius 2 is 1.15 bits per heavy atom. The van der Waals surface area contributed by atoms with Gasteiger partial charge in [-0.25, -0.2) is 0 Å². The number of amidine groups is 1. The Kier molecular flexibility index (Phi) is 10.8. The SMILES string of the molecule is CC1=NC(=O)CC(=O)N1.NC(N)=C([N+](=O)[O-])[N+](=O)[O-].O=C1NC(=C([N+](=O)[O-])[N+](=O)[O-])NC(=O)C1([N+](=O)[O-])[N+](=O)[O-]. The molecule has 2 aliphatic rings. The van der Waals surface area contributed by atoms with Gasteiger partial charge in [-0.15, -0.1) is 0 Å². The summed E-state index contributed by atoms with van der Waals surface area (Å²) in [5.41, 5.74) is 5.23. The van der Waals surface area contributed by atoms with Gasteiger partial charge in [-0.1, -0.05) is 0 Å². The van der Waals surface area contributed by atoms with Crippen molar-refractivity contribution >= 4 is 29.5 Å². The first kappa shape index (κ1) is 33.2. The second kappa shape index (κ2) is 13.0. The lowest BCUT2D eigenvalue weighted by molar-refractivity contribution is -0.756. The molecule has 0 saturated carbocycles. The van der Waals surface area contributed by atoms with E-state index in [9.17, 15) is 79.9 Å². The first-order chi connectivity index (χ1) is 18.2. The van der Waals surface area contributed by atoms with Crippen molar-refractivity contribution in [1.82, 2.24) is 16.0 Å². The number of nitrogens with zero attached hydrogens (tertiary/aromatic N) is 7. The topological polar surface area (TPSA) is 428 Å². The first-order valence-electron chi connectivity index (χ1n) is 9.08. The third-order valence-electron chi connectivity index (χ3n) is 3.74. The van der Waals surface area contributed by atoms with Gasteiger partial charge in [-0.2, -0.15) is 4.99 Å². The van der Waals surface area contributed by atoms with Crippen LogP contribution in [0.4, 0.5) is 0 Å². The van der Waals surface area contributed by atoms with E-state index < -0.39 is 70.3 Å². The Bertz CT molecular complexity index is 1260. The van der Waals surface area contributed by atoms with Crippen LogP contribution in [0, 0.1) is 60.7 Å². The van der Waals surface area contributed by atoms with E-state index in [0.717, 1.165) is 0 Å². The highest BCUT2D eigenvalue weighted by molar-refractivity contribution is 6.13. The zero-order chi connectivity index (χ0) is 31.7. The predicted molar refractivity (Wildman–Crippen MR) is 114 cm³/mol. The van der Waals surface area contributed by atoms with E-state index in [2.05, 4.69) is 21.8 Å². The van der Waals surface area contributed by atoms with Gasteiger partial charge < -0.3 is 16.8 Å². The smallest absolute Gasteiger partial charge is 0.374 e. The van der Waals surface area contributed by atoms with Crippen molar-refractivity contribution in [2.45, 2.75) is 19.0 Å². The van der Waals surface area contributed by atoms with Crippen molar-refractivity contribution in [3.05, 3.63) is 84.0 Å². The summed E-state index contributed by atoms with van der Waals surface area (Å²) in [7, 11) is 0. The number of hydrogen-bond acceptors (Lipinski definition) is 18. The Balaban J connectivity index is 0.000000661. The minimum atomic E-state index is -4.00. The Labute approximate surface area is 214 Å². The second-order valence-electron chi connectivity index (χ2n) is 6.42. The van der Waals surface area contributed by atoms with Crippen molar-refractivity contribution in [2.75, 3.05) is 0 Å². The van der Waals surface area contributed by atoms with Gasteiger partial charge in [0, 0.05) is 0 Å². The summed E-state index contributed by atoms with van der Waals surface area (Å²) in [6.07, 6.45) is -0.114. The van der Waals surface area contributed by atoms with Crippen molar-refractivity contribution in [1.29, 1.82) is 0 Å². The average Bonchev–Trinajstić information content (AvgIpc) is 2.71. The third kappa shape index (κ3) is 7.61. The van der Waals surface area contributed by atoms with Crippen molar-refractivity contribution in [3.8, 4) is 0 Å². The molecule has 0 aromatic heterocycles. The fourth-order valence-corrected chi connectivity index (χ4v) is 2.21. The van der Waals surface area contributed by atoms with Gasteiger partial charge in [0.15, 0.2) is 0 Å². The molecule has 0 spiro atoms. The maximum Gasteiger partial charge on any atom is 0.613 e. The third-order valence-corrected chi connectivity index (χ3v) is 3.74. The second-order valence-corrected chi connectivity index (χ2v) is 6.42. The van der Waals surface area contributed by atoms with Crippen molar-refractivity contribution in [3.63, 3.8) is 0 Å². The summed E-state index contributed by atoms with van der Waals surface area (Å²) < 4.78 is 0. The van der Waals surface area contributed by atoms with Crippen LogP contribution in [0.2, 0.25) is 0 Å². The van der Waals surface area contributed by atoms with Gasteiger partial charge in [-0.3, -0.25) is 90.5 Å². The quantitative estimate of drug-likeness (QED) is 0.0850. The van der Waals surface area contributed by atoms with Gasteiger partial charge in [0.05, 0.1) is 0 Å². The van der Waals surface area contributed by atoms with Crippen molar-refractivity contribution < 1.29 is 48.7 Å². The number of amides is 4. The molecule has 7 N–H and O–H groups in total. The lowest BCUT2D eigenvalue weighted by Crippen LogP contribution is -2.71. The number of hydrogen-bond donors (Lipinski definition) is 5. The molecule has 0 aromatic carbocycles. The number of carbonyl (C=O) groups is 4. The van der Waals surface area contributed by atoms with Gasteiger partial charge in [0.2, 0.25) is 5.91 Å². The molecule has 0 radical (unpaired) electrons. The molecule has 216 valence electrons. The van der Waals surface area contributed by atoms with Crippen LogP contribution in [0.15, 0.2) is 28.3 Å². The highest BCUT2D eigenvalue weighted by atomic mass is 16.7. The molecule has 4 amide bonds. The average molecular weight is 580 g/mol. The molecule has 1 saturated heterocycles. The van der Waals surface area contributed by atoms with Gasteiger partial charge in [0.1, 0.15) is 41.8 Å². The van der Waals surface area contributed by atoms with E-state index >= 15 is 0 Å². The van der Waals surface area contributed by atoms with Crippen LogP contribution in [0.1, 0.15) is 13.3 Å². The Morgan fingerprint density at radius 3 is 1.38 bits per heavy atom. The molecular weight excluding hydrogens is 568 g/mol. The first-order valence-corrected chi connectivity index (χ1v) is 9.08. The van der Waals surface area contributed by atoms with Crippen LogP contribution < -0.4 is 27.4 Å². The van der Waals surface area contributed by atoms with Crippen LogP contribution in [0.5, 0.6) is 0 Å². The monoisotopic (exact) mass is 580 g/mol. The van der Waals surface area contributed by atoms with Crippen LogP contribution in [0.3, 0.4) is 0 Å². The Morgan fingerprint density at radius 1 is 0.750 bits per heavy atom. The maximum atomic E-state index is 11.4. The standard InChI is InChI=1S/C5H2N6O10.C5H6N2O2.C2H4N4O4/c12-3-5(10(18)19,11(20)21)4(13)7-1(6-3)2(8(14)15)9(16)17;1-3-6-4(8)2-5(9)7-3;3-1(4)2(5(7)8)6(9)10/h(H,6,12)(H,7,13);2H2,1H3,(H,6,7,8,9);3-4H2. The summed E-state index contributed by atoms with van der Waals surface area (Å²) in [4.78, 5) is 99.4. The van der Waals surface area contributed by atoms with E-state index in [1.807, 2.05) is 0 Å². The molecule has 28 heteroatoms. The van der Waals surface area contributed by atoms with Crippen LogP contribution >= 0.6 is 0 Å². The molecule has 0 unspecified atom stereocenters. The number of nitro groups is 6. The van der Waals surface area contributed by atoms with Gasteiger partial charge >= 0.3 is 29.1 Å². The largest absolute Gasteiger partial charge is 0.613 e. The molecule has 1 fully saturated rings. The van der Waals surface area contributed by atoms with Crippen LogP contribution in [0.25, 0.3) is 0 Å². The van der Waals surface area contributed by atoms with Crippen LogP contribution in [-0.4, -0.2) is 64.7 Å². The summed E-state index contributed by atoms with van der Waals surface area (Å²) >= 11 is 0. The Hall–Kier alpha value is -6.77. The minimum absolute atomic E-state index is 0.114. The van der Waals surface area contributed by atoms with E-state index in [1.54, 1.807) is 6.92 Å². The van der Waals surface area contributed by atoms with Gasteiger partial charge in [-0.05, 0) is 6.92 Å². The summed E-state index contributed by atoms with van der Waals surface area (Å²) in [6.45, 7) is 1.58. The molecule has 2 rings (SSSR count). The fourth-order valence-electron chi connectivity index (χ4n) is 2.21. The normalized spacial score (nSPS) is 15.0.